The topological polar surface area (TPSA) is 55.4 Å². The molecule has 3 fully saturated rings. The minimum atomic E-state index is -1.06. The van der Waals surface area contributed by atoms with Gasteiger partial charge in [0.25, 0.3) is 0 Å². The van der Waals surface area contributed by atoms with Crippen molar-refractivity contribution in [2.24, 2.45) is 0 Å². The van der Waals surface area contributed by atoms with Crippen LogP contribution in [0.25, 0.3) is 0 Å². The molecule has 5 atom stereocenters. The molecule has 0 aliphatic carbocycles. The van der Waals surface area contributed by atoms with Gasteiger partial charge in [0, 0.05) is 0 Å². The lowest BCUT2D eigenvalue weighted by Gasteiger charge is -2.33. The van der Waals surface area contributed by atoms with Gasteiger partial charge in [0.15, 0.2) is 18.2 Å². The Labute approximate surface area is 170 Å². The van der Waals surface area contributed by atoms with Crippen LogP contribution in [0.1, 0.15) is 25.0 Å². The van der Waals surface area contributed by atoms with Crippen LogP contribution in [0.4, 0.5) is 0 Å². The van der Waals surface area contributed by atoms with Gasteiger partial charge in [-0.3, -0.25) is 0 Å². The Hall–Kier alpha value is -1.80. The van der Waals surface area contributed by atoms with E-state index in [0.717, 1.165) is 11.1 Å². The Morgan fingerprint density at radius 2 is 1.52 bits per heavy atom. The average Bonchev–Trinajstić information content (AvgIpc) is 3.32. The second kappa shape index (κ2) is 7.47. The van der Waals surface area contributed by atoms with Crippen molar-refractivity contribution in [1.82, 2.24) is 0 Å². The van der Waals surface area contributed by atoms with Crippen LogP contribution in [0, 0.1) is 0 Å². The molecule has 0 amide bonds. The van der Waals surface area contributed by atoms with E-state index in [2.05, 4.69) is 0 Å². The van der Waals surface area contributed by atoms with Crippen molar-refractivity contribution in [3.63, 3.8) is 0 Å². The Kier molecular flexibility index (Phi) is 4.94. The van der Waals surface area contributed by atoms with Crippen LogP contribution in [0.15, 0.2) is 60.7 Å². The van der Waals surface area contributed by atoms with Gasteiger partial charge in [-0.25, -0.2) is 0 Å². The SMILES string of the molecule is CC1(C)O[C@H]2O[C@@H]3[C@@H](OCc4ccccc4)CO[C@]3(OCc3ccccc3)[C@H]2O1. The van der Waals surface area contributed by atoms with Gasteiger partial charge in [-0.2, -0.15) is 0 Å². The molecule has 5 rings (SSSR count). The van der Waals surface area contributed by atoms with Crippen LogP contribution >= 0.6 is 0 Å². The molecule has 3 saturated heterocycles. The molecule has 6 heteroatoms. The van der Waals surface area contributed by atoms with Crippen LogP contribution < -0.4 is 0 Å². The maximum atomic E-state index is 6.36. The van der Waals surface area contributed by atoms with Crippen molar-refractivity contribution in [2.45, 2.75) is 63.2 Å². The van der Waals surface area contributed by atoms with Gasteiger partial charge in [0.1, 0.15) is 12.2 Å². The third-order valence-electron chi connectivity index (χ3n) is 5.56. The molecule has 154 valence electrons. The van der Waals surface area contributed by atoms with Crippen molar-refractivity contribution >= 4 is 0 Å². The number of hydrogen-bond donors (Lipinski definition) is 0. The molecule has 3 heterocycles. The number of fused-ring (bicyclic) bond motifs is 3. The second-order valence-corrected chi connectivity index (χ2v) is 8.12. The highest BCUT2D eigenvalue weighted by Gasteiger charge is 2.70. The lowest BCUT2D eigenvalue weighted by Crippen LogP contribution is -2.51. The van der Waals surface area contributed by atoms with Gasteiger partial charge >= 0.3 is 0 Å². The average molecular weight is 398 g/mol. The Balaban J connectivity index is 1.34. The molecule has 0 aromatic heterocycles. The summed E-state index contributed by atoms with van der Waals surface area (Å²) in [6.07, 6.45) is -1.72. The van der Waals surface area contributed by atoms with Crippen molar-refractivity contribution in [2.75, 3.05) is 6.61 Å². The van der Waals surface area contributed by atoms with Crippen molar-refractivity contribution < 1.29 is 28.4 Å². The van der Waals surface area contributed by atoms with Crippen molar-refractivity contribution in [3.8, 4) is 0 Å². The lowest BCUT2D eigenvalue weighted by atomic mass is 10.0. The molecule has 29 heavy (non-hydrogen) atoms. The summed E-state index contributed by atoms with van der Waals surface area (Å²) in [6.45, 7) is 4.98. The summed E-state index contributed by atoms with van der Waals surface area (Å²) in [5, 5.41) is 0. The second-order valence-electron chi connectivity index (χ2n) is 8.12. The summed E-state index contributed by atoms with van der Waals surface area (Å²) in [5.74, 6) is -1.81. The largest absolute Gasteiger partial charge is 0.368 e. The van der Waals surface area contributed by atoms with E-state index in [-0.39, 0.29) is 6.10 Å². The highest BCUT2D eigenvalue weighted by molar-refractivity contribution is 5.16. The molecule has 2 aromatic carbocycles. The molecule has 3 aliphatic heterocycles. The third-order valence-corrected chi connectivity index (χ3v) is 5.56. The summed E-state index contributed by atoms with van der Waals surface area (Å²) in [4.78, 5) is 0. The fraction of sp³-hybridized carbons (Fsp3) is 0.478. The Morgan fingerprint density at radius 1 is 0.862 bits per heavy atom. The van der Waals surface area contributed by atoms with Crippen molar-refractivity contribution in [1.29, 1.82) is 0 Å². The minimum absolute atomic E-state index is 0.271. The number of ether oxygens (including phenoxy) is 6. The van der Waals surface area contributed by atoms with Gasteiger partial charge in [0.2, 0.25) is 5.79 Å². The predicted molar refractivity (Wildman–Crippen MR) is 104 cm³/mol. The van der Waals surface area contributed by atoms with E-state index in [1.807, 2.05) is 74.5 Å². The Morgan fingerprint density at radius 3 is 2.21 bits per heavy atom. The van der Waals surface area contributed by atoms with Crippen LogP contribution in [0.5, 0.6) is 0 Å². The van der Waals surface area contributed by atoms with E-state index in [9.17, 15) is 0 Å². The molecule has 0 bridgehead atoms. The fourth-order valence-electron chi connectivity index (χ4n) is 4.20. The standard InChI is InChI=1S/C23H26O6/c1-22(2)28-20-21(29-22)27-19-18(24-13-16-9-5-3-6-10-16)15-26-23(19,20)25-14-17-11-7-4-8-12-17/h3-12,18-21H,13-15H2,1-2H3/t18-,19+,20-,21+,23-/m0/s1. The quantitative estimate of drug-likeness (QED) is 0.744. The monoisotopic (exact) mass is 398 g/mol. The van der Waals surface area contributed by atoms with Gasteiger partial charge in [-0.1, -0.05) is 60.7 Å². The van der Waals surface area contributed by atoms with Crippen molar-refractivity contribution in [3.05, 3.63) is 71.8 Å². The maximum Gasteiger partial charge on any atom is 0.230 e. The van der Waals surface area contributed by atoms with E-state index in [0.29, 0.717) is 19.8 Å². The first kappa shape index (κ1) is 19.2. The molecule has 0 unspecified atom stereocenters. The van der Waals surface area contributed by atoms with Crippen LogP contribution in [0.3, 0.4) is 0 Å². The highest BCUT2D eigenvalue weighted by Crippen LogP contribution is 2.50. The van der Waals surface area contributed by atoms with E-state index in [1.165, 1.54) is 0 Å². The van der Waals surface area contributed by atoms with Gasteiger partial charge in [0.05, 0.1) is 19.8 Å². The number of hydrogen-bond acceptors (Lipinski definition) is 6. The molecule has 0 saturated carbocycles. The number of rotatable bonds is 6. The summed E-state index contributed by atoms with van der Waals surface area (Å²) in [6, 6.07) is 20.1. The highest BCUT2D eigenvalue weighted by atomic mass is 16.9. The minimum Gasteiger partial charge on any atom is -0.368 e. The smallest absolute Gasteiger partial charge is 0.230 e. The van der Waals surface area contributed by atoms with Crippen LogP contribution in [-0.4, -0.2) is 42.8 Å². The first-order valence-corrected chi connectivity index (χ1v) is 10.0. The first-order chi connectivity index (χ1) is 14.1. The molecular weight excluding hydrogens is 372 g/mol. The normalized spacial score (nSPS) is 34.8. The molecule has 3 aliphatic rings. The molecule has 0 spiro atoms. The van der Waals surface area contributed by atoms with Gasteiger partial charge in [-0.15, -0.1) is 0 Å². The van der Waals surface area contributed by atoms with Gasteiger partial charge in [-0.05, 0) is 25.0 Å². The fourth-order valence-corrected chi connectivity index (χ4v) is 4.20. The zero-order valence-electron chi connectivity index (χ0n) is 16.7. The summed E-state index contributed by atoms with van der Waals surface area (Å²) in [7, 11) is 0. The summed E-state index contributed by atoms with van der Waals surface area (Å²) in [5.41, 5.74) is 2.15. The third kappa shape index (κ3) is 3.61. The zero-order chi connectivity index (χ0) is 19.9. The van der Waals surface area contributed by atoms with Crippen LogP contribution in [0.2, 0.25) is 0 Å². The van der Waals surface area contributed by atoms with E-state index in [4.69, 9.17) is 28.4 Å². The predicted octanol–water partition coefficient (Wildman–Crippen LogP) is 3.39. The zero-order valence-corrected chi connectivity index (χ0v) is 16.7. The van der Waals surface area contributed by atoms with Crippen LogP contribution in [-0.2, 0) is 41.6 Å². The maximum absolute atomic E-state index is 6.36. The summed E-state index contributed by atoms with van der Waals surface area (Å²) < 4.78 is 37.0. The van der Waals surface area contributed by atoms with E-state index in [1.54, 1.807) is 0 Å². The van der Waals surface area contributed by atoms with Gasteiger partial charge < -0.3 is 28.4 Å². The molecule has 0 radical (unpaired) electrons. The summed E-state index contributed by atoms with van der Waals surface area (Å²) >= 11 is 0. The molecular formula is C23H26O6. The van der Waals surface area contributed by atoms with E-state index < -0.39 is 30.1 Å². The Bertz CT molecular complexity index is 826. The number of benzene rings is 2. The molecule has 0 N–H and O–H groups in total. The molecule has 6 nitrogen and oxygen atoms in total. The van der Waals surface area contributed by atoms with E-state index >= 15 is 0 Å². The molecule has 2 aromatic rings. The first-order valence-electron chi connectivity index (χ1n) is 10.0. The lowest BCUT2D eigenvalue weighted by molar-refractivity contribution is -0.296.